The molecule has 3 aromatic carbocycles. The number of piperidine rings is 3. The van der Waals surface area contributed by atoms with Crippen LogP contribution in [0.4, 0.5) is 0 Å². The van der Waals surface area contributed by atoms with Crippen LogP contribution in [0.3, 0.4) is 0 Å². The van der Waals surface area contributed by atoms with E-state index in [1.54, 1.807) is 27.4 Å². The lowest BCUT2D eigenvalue weighted by Gasteiger charge is -2.57. The van der Waals surface area contributed by atoms with E-state index in [4.69, 9.17) is 28.4 Å². The smallest absolute Gasteiger partial charge is 0.196 e. The van der Waals surface area contributed by atoms with Crippen LogP contribution in [-0.2, 0) is 49.9 Å². The Morgan fingerprint density at radius 3 is 1.38 bits per heavy atom. The zero-order valence-corrected chi connectivity index (χ0v) is 39.0. The number of hydrogen-bond donors (Lipinski definition) is 0. The number of likely N-dealkylation sites (tertiary alicyclic amines) is 3. The first kappa shape index (κ1) is 41.3. The van der Waals surface area contributed by atoms with E-state index in [9.17, 15) is 14.4 Å². The Labute approximate surface area is 386 Å². The van der Waals surface area contributed by atoms with Crippen molar-refractivity contribution in [1.82, 2.24) is 14.7 Å². The monoisotopic (exact) mass is 895 g/mol. The van der Waals surface area contributed by atoms with Crippen molar-refractivity contribution in [3.05, 3.63) is 81.9 Å². The predicted octanol–water partition coefficient (Wildman–Crippen LogP) is 5.58. The Balaban J connectivity index is 0.0000000988. The van der Waals surface area contributed by atoms with E-state index in [2.05, 4.69) is 60.1 Å². The summed E-state index contributed by atoms with van der Waals surface area (Å²) >= 11 is 0. The molecule has 0 amide bonds. The molecule has 6 heterocycles. The number of nitrogens with zero attached hydrogens (tertiary/aromatic N) is 3. The highest BCUT2D eigenvalue weighted by Crippen LogP contribution is 2.66. The largest absolute Gasteiger partial charge is 0.493 e. The van der Waals surface area contributed by atoms with Crippen molar-refractivity contribution in [1.29, 1.82) is 0 Å². The lowest BCUT2D eigenvalue weighted by Crippen LogP contribution is -2.65. The summed E-state index contributed by atoms with van der Waals surface area (Å²) in [6.45, 7) is 3.10. The van der Waals surface area contributed by atoms with Gasteiger partial charge in [0.25, 0.3) is 0 Å². The number of benzene rings is 3. The van der Waals surface area contributed by atoms with Gasteiger partial charge in [-0.15, -0.1) is 0 Å². The van der Waals surface area contributed by atoms with Crippen LogP contribution in [-0.4, -0.2) is 131 Å². The number of carbonyl (C=O) groups excluding carboxylic acids is 3. The quantitative estimate of drug-likeness (QED) is 0.327. The van der Waals surface area contributed by atoms with Crippen molar-refractivity contribution < 1.29 is 42.8 Å². The summed E-state index contributed by atoms with van der Waals surface area (Å²) in [5.74, 6) is 6.95. The van der Waals surface area contributed by atoms with Gasteiger partial charge in [-0.25, -0.2) is 0 Å². The van der Waals surface area contributed by atoms with E-state index >= 15 is 0 Å². The van der Waals surface area contributed by atoms with Crippen LogP contribution < -0.4 is 28.4 Å². The number of ether oxygens (including phenoxy) is 6. The van der Waals surface area contributed by atoms with Crippen LogP contribution in [0.25, 0.3) is 0 Å². The molecule has 12 heteroatoms. The maximum absolute atomic E-state index is 12.6. The van der Waals surface area contributed by atoms with Gasteiger partial charge in [0.05, 0.1) is 26.7 Å². The average Bonchev–Trinajstić information content (AvgIpc) is 4.00. The van der Waals surface area contributed by atoms with Gasteiger partial charge >= 0.3 is 0 Å². The van der Waals surface area contributed by atoms with E-state index in [0.29, 0.717) is 48.7 Å². The van der Waals surface area contributed by atoms with Crippen LogP contribution in [0.2, 0.25) is 0 Å². The fourth-order valence-electron chi connectivity index (χ4n) is 16.6. The molecular formula is C54H61N3O9. The Kier molecular flexibility index (Phi) is 8.95. The van der Waals surface area contributed by atoms with Crippen molar-refractivity contribution in [3.63, 3.8) is 0 Å². The Morgan fingerprint density at radius 2 is 0.924 bits per heavy atom. The van der Waals surface area contributed by atoms with Gasteiger partial charge in [0.15, 0.2) is 70.2 Å². The molecule has 12 nitrogen and oxygen atoms in total. The number of rotatable bonds is 3. The molecule has 6 bridgehead atoms. The molecule has 0 aromatic heterocycles. The lowest BCUT2D eigenvalue weighted by atomic mass is 9.52. The Bertz CT molecular complexity index is 2530. The molecule has 3 spiro atoms. The fraction of sp³-hybridized carbons (Fsp3) is 0.574. The number of likely N-dealkylation sites (N-methyl/N-ethyl adjacent to an activating group) is 3. The zero-order chi connectivity index (χ0) is 45.2. The van der Waals surface area contributed by atoms with Gasteiger partial charge in [-0.1, -0.05) is 24.3 Å². The second-order valence-corrected chi connectivity index (χ2v) is 21.5. The van der Waals surface area contributed by atoms with Gasteiger partial charge in [0.2, 0.25) is 0 Å². The SMILES string of the molecule is COc1ccc2c3c1O[C@H]1C(=O)C=C[C@H]4C(C2)N(C)CCC314.COc1ccc2c3c1O[C@H]1C(=O)CC[C@H]4C(C2)N(C)CCC314.COc1ccc2c3c1O[C@H]1C(=O)CC[C@H]4C(C2)N(C)CCC314. The maximum Gasteiger partial charge on any atom is 0.196 e. The van der Waals surface area contributed by atoms with Crippen molar-refractivity contribution in [2.24, 2.45) is 17.8 Å². The van der Waals surface area contributed by atoms with Gasteiger partial charge in [-0.3, -0.25) is 14.4 Å². The number of ketones is 3. The van der Waals surface area contributed by atoms with E-state index in [1.165, 1.54) is 33.4 Å². The molecule has 0 radical (unpaired) electrons. The molecule has 2 saturated carbocycles. The molecule has 12 atom stereocenters. The summed E-state index contributed by atoms with van der Waals surface area (Å²) in [5, 5.41) is 0. The first-order valence-electron chi connectivity index (χ1n) is 24.5. The molecule has 3 saturated heterocycles. The molecule has 66 heavy (non-hydrogen) atoms. The third kappa shape index (κ3) is 5.03. The summed E-state index contributed by atoms with van der Waals surface area (Å²) in [6.07, 6.45) is 12.4. The van der Waals surface area contributed by atoms with Crippen LogP contribution >= 0.6 is 0 Å². The number of methoxy groups -OCH3 is 3. The van der Waals surface area contributed by atoms with Gasteiger partial charge in [-0.05, 0) is 145 Å². The third-order valence-corrected chi connectivity index (χ3v) is 19.4. The molecule has 6 unspecified atom stereocenters. The number of hydrogen-bond acceptors (Lipinski definition) is 12. The minimum Gasteiger partial charge on any atom is -0.493 e. The first-order valence-corrected chi connectivity index (χ1v) is 24.5. The van der Waals surface area contributed by atoms with Crippen LogP contribution in [0, 0.1) is 17.8 Å². The van der Waals surface area contributed by atoms with Gasteiger partial charge < -0.3 is 43.1 Å². The van der Waals surface area contributed by atoms with Crippen molar-refractivity contribution in [3.8, 4) is 34.5 Å². The number of carbonyl (C=O) groups is 3. The Morgan fingerprint density at radius 1 is 0.530 bits per heavy atom. The minimum absolute atomic E-state index is 0.0933. The van der Waals surface area contributed by atoms with Crippen LogP contribution in [0.5, 0.6) is 34.5 Å². The second-order valence-electron chi connectivity index (χ2n) is 21.5. The zero-order valence-electron chi connectivity index (χ0n) is 39.0. The van der Waals surface area contributed by atoms with E-state index < -0.39 is 0 Å². The van der Waals surface area contributed by atoms with Gasteiger partial charge in [0.1, 0.15) is 0 Å². The molecular weight excluding hydrogens is 835 g/mol. The van der Waals surface area contributed by atoms with E-state index in [1.807, 2.05) is 18.2 Å². The summed E-state index contributed by atoms with van der Waals surface area (Å²) in [4.78, 5) is 45.2. The van der Waals surface area contributed by atoms with Gasteiger partial charge in [-0.2, -0.15) is 0 Å². The highest BCUT2D eigenvalue weighted by molar-refractivity contribution is 5.98. The molecule has 5 fully saturated rings. The van der Waals surface area contributed by atoms with E-state index in [-0.39, 0.29) is 51.9 Å². The normalized spacial score (nSPS) is 38.2. The molecule has 6 aliphatic heterocycles. The minimum atomic E-state index is -0.371. The topological polar surface area (TPSA) is 116 Å². The summed E-state index contributed by atoms with van der Waals surface area (Å²) in [6, 6.07) is 14.1. The van der Waals surface area contributed by atoms with Gasteiger partial charge in [0, 0.05) is 64.4 Å². The molecule has 0 N–H and O–H groups in total. The highest BCUT2D eigenvalue weighted by atomic mass is 16.5. The maximum atomic E-state index is 12.6. The molecule has 3 aromatic rings. The molecule has 15 rings (SSSR count). The van der Waals surface area contributed by atoms with Crippen molar-refractivity contribution >= 4 is 17.3 Å². The lowest BCUT2D eigenvalue weighted by molar-refractivity contribution is -0.138. The van der Waals surface area contributed by atoms with Crippen molar-refractivity contribution in [2.45, 2.75) is 117 Å². The standard InChI is InChI=1S/2C18H21NO3.C18H19NO3/c3*1-19-8-7-18-11-4-5-13(20)17(18)22-16-14(21-2)6-3-10(15(16)18)9-12(11)19/h2*3,6,11-12,17H,4-5,7-9H2,1-2H3;3-6,11-12,17H,7-9H2,1-2H3/t3*11-,12?,17-,18?/m000/s1. The molecule has 12 aliphatic rings. The molecule has 346 valence electrons. The van der Waals surface area contributed by atoms with Crippen LogP contribution in [0.15, 0.2) is 48.6 Å². The highest BCUT2D eigenvalue weighted by Gasteiger charge is 2.68. The fourth-order valence-corrected chi connectivity index (χ4v) is 16.6. The number of Topliss-reactive ketones (excluding diaryl/α,β-unsaturated/α-hetero) is 2. The predicted molar refractivity (Wildman–Crippen MR) is 245 cm³/mol. The summed E-state index contributed by atoms with van der Waals surface area (Å²) < 4.78 is 35.3. The summed E-state index contributed by atoms with van der Waals surface area (Å²) in [5.41, 5.74) is 7.55. The Hall–Kier alpha value is -4.91. The first-order chi connectivity index (χ1) is 32.0. The third-order valence-electron chi connectivity index (χ3n) is 19.4. The summed E-state index contributed by atoms with van der Waals surface area (Å²) in [7, 11) is 11.7. The second kappa shape index (κ2) is 14.3. The van der Waals surface area contributed by atoms with Crippen LogP contribution in [0.1, 0.15) is 78.3 Å². The average molecular weight is 896 g/mol. The molecule has 6 aliphatic carbocycles. The van der Waals surface area contributed by atoms with Crippen molar-refractivity contribution in [2.75, 3.05) is 62.1 Å². The van der Waals surface area contributed by atoms with E-state index in [0.717, 1.165) is 105 Å².